The highest BCUT2D eigenvalue weighted by molar-refractivity contribution is 5.91. The first-order valence-electron chi connectivity index (χ1n) is 11.4. The van der Waals surface area contributed by atoms with Gasteiger partial charge in [0.25, 0.3) is 0 Å². The monoisotopic (exact) mass is 470 g/mol. The van der Waals surface area contributed by atoms with Gasteiger partial charge < -0.3 is 24.7 Å². The molecule has 2 N–H and O–H groups in total. The van der Waals surface area contributed by atoms with Crippen molar-refractivity contribution in [1.82, 2.24) is 0 Å². The summed E-state index contributed by atoms with van der Waals surface area (Å²) in [6, 6.07) is 21.5. The zero-order valence-corrected chi connectivity index (χ0v) is 19.6. The van der Waals surface area contributed by atoms with E-state index in [-0.39, 0.29) is 5.88 Å². The molecule has 35 heavy (non-hydrogen) atoms. The number of benzene rings is 3. The molecule has 0 radical (unpaired) electrons. The van der Waals surface area contributed by atoms with Crippen LogP contribution in [0.4, 0.5) is 0 Å². The van der Waals surface area contributed by atoms with Crippen LogP contribution in [0.3, 0.4) is 0 Å². The molecule has 1 atom stereocenters. The molecule has 1 aliphatic heterocycles. The molecule has 0 aromatic heterocycles. The Morgan fingerprint density at radius 1 is 1.00 bits per heavy atom. The number of nitriles is 1. The average molecular weight is 471 g/mol. The SMILES string of the molecule is CCCOc1ccccc1C1C(C#N)=C(N)Oc2cc(OC(=O)c3ccc(OCC)cc3)ccc21. The fraction of sp³-hybridized carbons (Fsp3) is 0.214. The van der Waals surface area contributed by atoms with Gasteiger partial charge in [0.1, 0.15) is 34.6 Å². The van der Waals surface area contributed by atoms with Crippen molar-refractivity contribution in [3.63, 3.8) is 0 Å². The lowest BCUT2D eigenvalue weighted by Gasteiger charge is -2.28. The molecule has 0 spiro atoms. The quantitative estimate of drug-likeness (QED) is 0.351. The fourth-order valence-electron chi connectivity index (χ4n) is 3.90. The summed E-state index contributed by atoms with van der Waals surface area (Å²) in [5.74, 6) is 1.08. The number of allylic oxidation sites excluding steroid dienone is 1. The van der Waals surface area contributed by atoms with Crippen LogP contribution in [0, 0.1) is 11.3 Å². The number of esters is 1. The molecule has 0 fully saturated rings. The lowest BCUT2D eigenvalue weighted by Crippen LogP contribution is -2.21. The number of carbonyl (C=O) groups excluding carboxylic acids is 1. The normalized spacial score (nSPS) is 14.4. The number of rotatable bonds is 8. The molecule has 7 nitrogen and oxygen atoms in total. The van der Waals surface area contributed by atoms with Gasteiger partial charge >= 0.3 is 5.97 Å². The van der Waals surface area contributed by atoms with Gasteiger partial charge in [0, 0.05) is 17.2 Å². The topological polar surface area (TPSA) is 104 Å². The van der Waals surface area contributed by atoms with Crippen LogP contribution in [0.25, 0.3) is 0 Å². The van der Waals surface area contributed by atoms with Crippen LogP contribution in [0.5, 0.6) is 23.0 Å². The zero-order chi connectivity index (χ0) is 24.8. The molecule has 3 aromatic carbocycles. The average Bonchev–Trinajstić information content (AvgIpc) is 2.87. The predicted octanol–water partition coefficient (Wildman–Crippen LogP) is 5.31. The fourth-order valence-corrected chi connectivity index (χ4v) is 3.90. The van der Waals surface area contributed by atoms with Gasteiger partial charge in [-0.05, 0) is 49.7 Å². The van der Waals surface area contributed by atoms with Crippen LogP contribution in [-0.4, -0.2) is 19.2 Å². The number of fused-ring (bicyclic) bond motifs is 1. The number of carbonyl (C=O) groups is 1. The molecule has 0 saturated heterocycles. The molecule has 1 heterocycles. The number of nitrogens with zero attached hydrogens (tertiary/aromatic N) is 1. The maximum Gasteiger partial charge on any atom is 0.343 e. The first-order valence-corrected chi connectivity index (χ1v) is 11.4. The molecule has 0 bridgehead atoms. The lowest BCUT2D eigenvalue weighted by molar-refractivity contribution is 0.0734. The summed E-state index contributed by atoms with van der Waals surface area (Å²) in [5.41, 5.74) is 8.36. The third-order valence-corrected chi connectivity index (χ3v) is 5.49. The molecule has 178 valence electrons. The van der Waals surface area contributed by atoms with Gasteiger partial charge in [-0.15, -0.1) is 0 Å². The number of nitrogens with two attached hydrogens (primary N) is 1. The Kier molecular flexibility index (Phi) is 7.22. The summed E-state index contributed by atoms with van der Waals surface area (Å²) in [7, 11) is 0. The maximum absolute atomic E-state index is 12.6. The zero-order valence-electron chi connectivity index (χ0n) is 19.6. The van der Waals surface area contributed by atoms with E-state index >= 15 is 0 Å². The molecule has 0 saturated carbocycles. The van der Waals surface area contributed by atoms with Gasteiger partial charge in [0.15, 0.2) is 0 Å². The van der Waals surface area contributed by atoms with Crippen LogP contribution in [0.15, 0.2) is 78.2 Å². The highest BCUT2D eigenvalue weighted by atomic mass is 16.5. The Morgan fingerprint density at radius 2 is 1.74 bits per heavy atom. The van der Waals surface area contributed by atoms with Crippen molar-refractivity contribution in [2.45, 2.75) is 26.2 Å². The van der Waals surface area contributed by atoms with E-state index in [0.717, 1.165) is 17.5 Å². The first-order chi connectivity index (χ1) is 17.0. The van der Waals surface area contributed by atoms with E-state index in [1.165, 1.54) is 0 Å². The first kappa shape index (κ1) is 23.7. The molecule has 0 aliphatic carbocycles. The molecule has 7 heteroatoms. The van der Waals surface area contributed by atoms with Gasteiger partial charge in [-0.1, -0.05) is 31.2 Å². The van der Waals surface area contributed by atoms with Gasteiger partial charge in [-0.25, -0.2) is 4.79 Å². The number of ether oxygens (including phenoxy) is 4. The second-order valence-corrected chi connectivity index (χ2v) is 7.86. The molecular formula is C28H26N2O5. The van der Waals surface area contributed by atoms with Gasteiger partial charge in [0.2, 0.25) is 5.88 Å². The Morgan fingerprint density at radius 3 is 2.46 bits per heavy atom. The number of para-hydroxylation sites is 1. The third kappa shape index (κ3) is 5.07. The summed E-state index contributed by atoms with van der Waals surface area (Å²) in [5, 5.41) is 9.85. The van der Waals surface area contributed by atoms with Crippen LogP contribution in [0.2, 0.25) is 0 Å². The Balaban J connectivity index is 1.65. The van der Waals surface area contributed by atoms with Crippen LogP contribution in [-0.2, 0) is 0 Å². The van der Waals surface area contributed by atoms with E-state index < -0.39 is 11.9 Å². The largest absolute Gasteiger partial charge is 0.494 e. The predicted molar refractivity (Wildman–Crippen MR) is 131 cm³/mol. The van der Waals surface area contributed by atoms with Gasteiger partial charge in [-0.2, -0.15) is 5.26 Å². The van der Waals surface area contributed by atoms with Crippen molar-refractivity contribution in [3.05, 3.63) is 94.9 Å². The minimum absolute atomic E-state index is 0.00489. The molecular weight excluding hydrogens is 444 g/mol. The van der Waals surface area contributed by atoms with Crippen LogP contribution >= 0.6 is 0 Å². The minimum Gasteiger partial charge on any atom is -0.494 e. The highest BCUT2D eigenvalue weighted by Crippen LogP contribution is 2.45. The number of hydrogen-bond acceptors (Lipinski definition) is 7. The molecule has 4 rings (SSSR count). The highest BCUT2D eigenvalue weighted by Gasteiger charge is 2.33. The number of hydrogen-bond donors (Lipinski definition) is 1. The second kappa shape index (κ2) is 10.7. The van der Waals surface area contributed by atoms with Crippen LogP contribution < -0.4 is 24.7 Å². The summed E-state index contributed by atoms with van der Waals surface area (Å²) in [6.45, 7) is 5.01. The molecule has 1 unspecified atom stereocenters. The van der Waals surface area contributed by atoms with Crippen molar-refractivity contribution >= 4 is 5.97 Å². The smallest absolute Gasteiger partial charge is 0.343 e. The van der Waals surface area contributed by atoms with E-state index in [0.29, 0.717) is 47.3 Å². The van der Waals surface area contributed by atoms with Gasteiger partial charge in [-0.3, -0.25) is 0 Å². The van der Waals surface area contributed by atoms with E-state index in [2.05, 4.69) is 6.07 Å². The van der Waals surface area contributed by atoms with Crippen molar-refractivity contribution in [3.8, 4) is 29.1 Å². The van der Waals surface area contributed by atoms with Crippen molar-refractivity contribution in [2.75, 3.05) is 13.2 Å². The molecule has 3 aromatic rings. The molecule has 1 aliphatic rings. The van der Waals surface area contributed by atoms with E-state index in [1.54, 1.807) is 42.5 Å². The van der Waals surface area contributed by atoms with Crippen LogP contribution in [0.1, 0.15) is 47.7 Å². The summed E-state index contributed by atoms with van der Waals surface area (Å²) in [6.07, 6.45) is 0.852. The van der Waals surface area contributed by atoms with Crippen molar-refractivity contribution in [1.29, 1.82) is 5.26 Å². The van der Waals surface area contributed by atoms with Crippen molar-refractivity contribution in [2.24, 2.45) is 5.73 Å². The maximum atomic E-state index is 12.6. The second-order valence-electron chi connectivity index (χ2n) is 7.86. The van der Waals surface area contributed by atoms with E-state index in [9.17, 15) is 10.1 Å². The third-order valence-electron chi connectivity index (χ3n) is 5.49. The standard InChI is InChI=1S/C28H26N2O5/c1-3-15-33-24-8-6-5-7-21(24)26-22-14-13-20(16-25(22)35-27(30)23(26)17-29)34-28(31)18-9-11-19(12-10-18)32-4-2/h5-14,16,26H,3-4,15,30H2,1-2H3. The summed E-state index contributed by atoms with van der Waals surface area (Å²) in [4.78, 5) is 12.6. The Bertz CT molecular complexity index is 1290. The molecule has 0 amide bonds. The van der Waals surface area contributed by atoms with E-state index in [1.807, 2.05) is 38.1 Å². The van der Waals surface area contributed by atoms with Crippen molar-refractivity contribution < 1.29 is 23.7 Å². The van der Waals surface area contributed by atoms with E-state index in [4.69, 9.17) is 24.7 Å². The minimum atomic E-state index is -0.514. The summed E-state index contributed by atoms with van der Waals surface area (Å²) < 4.78 is 22.7. The summed E-state index contributed by atoms with van der Waals surface area (Å²) >= 11 is 0. The Hall–Kier alpha value is -4.44. The Labute approximate surface area is 204 Å². The van der Waals surface area contributed by atoms with Gasteiger partial charge in [0.05, 0.1) is 24.7 Å². The lowest BCUT2D eigenvalue weighted by atomic mass is 9.83.